The zero-order valence-corrected chi connectivity index (χ0v) is 11.4. The van der Waals surface area contributed by atoms with Crippen molar-refractivity contribution in [2.45, 2.75) is 51.7 Å². The lowest BCUT2D eigenvalue weighted by Gasteiger charge is -2.37. The first-order chi connectivity index (χ1) is 7.72. The summed E-state index contributed by atoms with van der Waals surface area (Å²) >= 11 is 5.09. The molecule has 17 heavy (non-hydrogen) atoms. The van der Waals surface area contributed by atoms with E-state index in [0.717, 1.165) is 19.3 Å². The number of fused-ring (bicyclic) bond motifs is 1. The van der Waals surface area contributed by atoms with Crippen molar-refractivity contribution < 1.29 is 9.53 Å². The molecule has 3 aliphatic carbocycles. The minimum atomic E-state index is -0.452. The first kappa shape index (κ1) is 12.6. The van der Waals surface area contributed by atoms with Crippen molar-refractivity contribution in [3.05, 3.63) is 0 Å². The molecule has 3 fully saturated rings. The highest BCUT2D eigenvalue weighted by Crippen LogP contribution is 2.58. The number of amides is 1. The van der Waals surface area contributed by atoms with E-state index in [0.29, 0.717) is 10.9 Å². The molecule has 0 aromatic heterocycles. The molecule has 1 amide bonds. The highest BCUT2D eigenvalue weighted by atomic mass is 32.1. The second kappa shape index (κ2) is 3.83. The van der Waals surface area contributed by atoms with Crippen molar-refractivity contribution in [3.63, 3.8) is 0 Å². The van der Waals surface area contributed by atoms with Crippen molar-refractivity contribution in [3.8, 4) is 0 Å². The fourth-order valence-corrected chi connectivity index (χ4v) is 3.16. The second-order valence-corrected chi connectivity index (χ2v) is 6.71. The Kier molecular flexibility index (Phi) is 2.84. The molecule has 0 radical (unpaired) electrons. The van der Waals surface area contributed by atoms with Gasteiger partial charge in [-0.15, -0.1) is 0 Å². The molecule has 0 heterocycles. The number of carbonyl (C=O) groups excluding carboxylic acids is 1. The molecule has 0 saturated heterocycles. The number of alkyl carbamates (subject to hydrolysis) is 1. The lowest BCUT2D eigenvalue weighted by atomic mass is 9.69. The van der Waals surface area contributed by atoms with Gasteiger partial charge < -0.3 is 15.8 Å². The summed E-state index contributed by atoms with van der Waals surface area (Å²) in [6, 6.07) is 0.173. The fraction of sp³-hybridized carbons (Fsp3) is 0.833. The standard InChI is InChI=1S/C12H20N2O2S/c1-11(2,3)16-10(15)14-8-6-12(9(13)17)4-7(8)5-12/h7-8H,4-6H2,1-3H3,(H2,13,17)(H,14,15)/t7?,8-,12?/m0/s1. The molecule has 4 nitrogen and oxygen atoms in total. The lowest BCUT2D eigenvalue weighted by Crippen LogP contribution is -2.41. The van der Waals surface area contributed by atoms with E-state index in [4.69, 9.17) is 22.7 Å². The summed E-state index contributed by atoms with van der Waals surface area (Å²) in [5.74, 6) is 0.518. The Bertz CT molecular complexity index is 356. The maximum absolute atomic E-state index is 11.7. The summed E-state index contributed by atoms with van der Waals surface area (Å²) in [6.45, 7) is 5.58. The zero-order chi connectivity index (χ0) is 12.8. The average Bonchev–Trinajstić information content (AvgIpc) is 2.52. The van der Waals surface area contributed by atoms with Gasteiger partial charge in [0.05, 0.1) is 4.99 Å². The lowest BCUT2D eigenvalue weighted by molar-refractivity contribution is 0.0494. The van der Waals surface area contributed by atoms with Crippen LogP contribution in [0.5, 0.6) is 0 Å². The predicted octanol–water partition coefficient (Wildman–Crippen LogP) is 1.97. The Morgan fingerprint density at radius 3 is 2.41 bits per heavy atom. The number of nitrogens with two attached hydrogens (primary N) is 1. The van der Waals surface area contributed by atoms with Crippen LogP contribution in [0.25, 0.3) is 0 Å². The molecule has 3 N–H and O–H groups in total. The quantitative estimate of drug-likeness (QED) is 0.741. The van der Waals surface area contributed by atoms with Gasteiger partial charge in [-0.25, -0.2) is 4.79 Å². The van der Waals surface area contributed by atoms with Crippen LogP contribution in [0, 0.1) is 11.3 Å². The molecule has 1 atom stereocenters. The zero-order valence-electron chi connectivity index (χ0n) is 10.6. The highest BCUT2D eigenvalue weighted by Gasteiger charge is 2.58. The van der Waals surface area contributed by atoms with Crippen molar-refractivity contribution in [1.29, 1.82) is 0 Å². The molecular formula is C12H20N2O2S. The molecule has 3 aliphatic rings. The van der Waals surface area contributed by atoms with Crippen LogP contribution in [-0.4, -0.2) is 22.7 Å². The van der Waals surface area contributed by atoms with Gasteiger partial charge in [0.15, 0.2) is 0 Å². The van der Waals surface area contributed by atoms with Crippen LogP contribution in [-0.2, 0) is 4.74 Å². The summed E-state index contributed by atoms with van der Waals surface area (Å²) in [5, 5.41) is 2.93. The largest absolute Gasteiger partial charge is 0.444 e. The molecule has 3 rings (SSSR count). The summed E-state index contributed by atoms with van der Waals surface area (Å²) in [7, 11) is 0. The minimum Gasteiger partial charge on any atom is -0.444 e. The number of hydrogen-bond acceptors (Lipinski definition) is 3. The molecule has 5 heteroatoms. The van der Waals surface area contributed by atoms with Crippen LogP contribution in [0.15, 0.2) is 0 Å². The van der Waals surface area contributed by atoms with Crippen LogP contribution in [0.3, 0.4) is 0 Å². The molecule has 0 aromatic carbocycles. The molecule has 0 unspecified atom stereocenters. The molecular weight excluding hydrogens is 236 g/mol. The molecule has 2 bridgehead atoms. The van der Waals surface area contributed by atoms with Gasteiger partial charge in [-0.05, 0) is 46.0 Å². The van der Waals surface area contributed by atoms with E-state index in [2.05, 4.69) is 5.32 Å². The smallest absolute Gasteiger partial charge is 0.407 e. The second-order valence-electron chi connectivity index (χ2n) is 6.27. The van der Waals surface area contributed by atoms with Gasteiger partial charge in [0.1, 0.15) is 5.60 Å². The number of carbonyl (C=O) groups is 1. The van der Waals surface area contributed by atoms with E-state index in [-0.39, 0.29) is 17.6 Å². The molecule has 96 valence electrons. The normalized spacial score (nSPS) is 35.0. The van der Waals surface area contributed by atoms with Gasteiger partial charge >= 0.3 is 6.09 Å². The van der Waals surface area contributed by atoms with E-state index < -0.39 is 5.60 Å². The summed E-state index contributed by atoms with van der Waals surface area (Å²) in [4.78, 5) is 12.3. The van der Waals surface area contributed by atoms with Crippen LogP contribution in [0.1, 0.15) is 40.0 Å². The predicted molar refractivity (Wildman–Crippen MR) is 69.7 cm³/mol. The maximum Gasteiger partial charge on any atom is 0.407 e. The van der Waals surface area contributed by atoms with E-state index in [9.17, 15) is 4.79 Å². The molecule has 0 aromatic rings. The van der Waals surface area contributed by atoms with Gasteiger partial charge in [0, 0.05) is 11.5 Å². The maximum atomic E-state index is 11.7. The van der Waals surface area contributed by atoms with E-state index in [1.165, 1.54) is 0 Å². The van der Waals surface area contributed by atoms with Crippen LogP contribution >= 0.6 is 12.2 Å². The van der Waals surface area contributed by atoms with Gasteiger partial charge in [-0.1, -0.05) is 12.2 Å². The Labute approximate surface area is 107 Å². The Morgan fingerprint density at radius 2 is 2.00 bits per heavy atom. The third-order valence-electron chi connectivity index (χ3n) is 3.71. The van der Waals surface area contributed by atoms with E-state index >= 15 is 0 Å². The van der Waals surface area contributed by atoms with Crippen LogP contribution in [0.4, 0.5) is 4.79 Å². The first-order valence-corrected chi connectivity index (χ1v) is 6.42. The average molecular weight is 256 g/mol. The van der Waals surface area contributed by atoms with Crippen LogP contribution in [0.2, 0.25) is 0 Å². The van der Waals surface area contributed by atoms with Crippen molar-refractivity contribution in [2.75, 3.05) is 0 Å². The topological polar surface area (TPSA) is 64.3 Å². The fourth-order valence-electron chi connectivity index (χ4n) is 2.91. The highest BCUT2D eigenvalue weighted by molar-refractivity contribution is 7.80. The first-order valence-electron chi connectivity index (χ1n) is 6.01. The summed E-state index contributed by atoms with van der Waals surface area (Å²) < 4.78 is 5.25. The van der Waals surface area contributed by atoms with E-state index in [1.807, 2.05) is 20.8 Å². The van der Waals surface area contributed by atoms with Crippen molar-refractivity contribution in [1.82, 2.24) is 5.32 Å². The molecule has 3 saturated carbocycles. The Balaban J connectivity index is 1.87. The number of nitrogens with one attached hydrogen (secondary N) is 1. The number of hydrogen-bond donors (Lipinski definition) is 2. The summed E-state index contributed by atoms with van der Waals surface area (Å²) in [5.41, 5.74) is 5.31. The van der Waals surface area contributed by atoms with Crippen molar-refractivity contribution in [2.24, 2.45) is 17.1 Å². The van der Waals surface area contributed by atoms with Crippen molar-refractivity contribution >= 4 is 23.3 Å². The van der Waals surface area contributed by atoms with E-state index in [1.54, 1.807) is 0 Å². The van der Waals surface area contributed by atoms with Gasteiger partial charge in [0.25, 0.3) is 0 Å². The Hall–Kier alpha value is -0.840. The number of rotatable bonds is 2. The molecule has 0 spiro atoms. The van der Waals surface area contributed by atoms with Gasteiger partial charge in [-0.3, -0.25) is 0 Å². The molecule has 0 aliphatic heterocycles. The SMILES string of the molecule is CC(C)(C)OC(=O)N[C@H]1CC2(C(N)=S)CC1C2. The number of ether oxygens (including phenoxy) is 1. The number of thiocarbonyl (C=S) groups is 1. The monoisotopic (exact) mass is 256 g/mol. The Morgan fingerprint density at radius 1 is 1.41 bits per heavy atom. The third kappa shape index (κ3) is 2.39. The van der Waals surface area contributed by atoms with Gasteiger partial charge in [-0.2, -0.15) is 0 Å². The van der Waals surface area contributed by atoms with Crippen LogP contribution < -0.4 is 11.1 Å². The third-order valence-corrected chi connectivity index (χ3v) is 4.14. The van der Waals surface area contributed by atoms with Gasteiger partial charge in [0.2, 0.25) is 0 Å². The summed E-state index contributed by atoms with van der Waals surface area (Å²) in [6.07, 6.45) is 2.56. The minimum absolute atomic E-state index is 0.0136.